The van der Waals surface area contributed by atoms with E-state index in [0.29, 0.717) is 5.57 Å². The second-order valence-electron chi connectivity index (χ2n) is 6.12. The summed E-state index contributed by atoms with van der Waals surface area (Å²) in [4.78, 5) is 4.59. The van der Waals surface area contributed by atoms with Crippen LogP contribution in [0.4, 0.5) is 0 Å². The molecule has 2 aromatic carbocycles. The maximum Gasteiger partial charge on any atom is 0.135 e. The first-order valence-electron chi connectivity index (χ1n) is 7.92. The minimum atomic E-state index is 0.220. The highest BCUT2D eigenvalue weighted by atomic mass is 32.1. The van der Waals surface area contributed by atoms with E-state index >= 15 is 0 Å². The minimum absolute atomic E-state index is 0.220. The maximum atomic E-state index is 9.59. The van der Waals surface area contributed by atoms with Crippen molar-refractivity contribution >= 4 is 33.2 Å². The van der Waals surface area contributed by atoms with Crippen molar-refractivity contribution in [1.82, 2.24) is 4.98 Å². The predicted molar refractivity (Wildman–Crippen MR) is 98.1 cm³/mol. The van der Waals surface area contributed by atoms with Gasteiger partial charge in [0, 0.05) is 6.42 Å². The smallest absolute Gasteiger partial charge is 0.135 e. The average Bonchev–Trinajstić information content (AvgIpc) is 3.15. The molecule has 1 aliphatic rings. The number of ether oxygens (including phenoxy) is 1. The van der Waals surface area contributed by atoms with Crippen LogP contribution in [0.25, 0.3) is 21.9 Å². The highest BCUT2D eigenvalue weighted by Crippen LogP contribution is 2.35. The van der Waals surface area contributed by atoms with E-state index in [1.54, 1.807) is 11.3 Å². The van der Waals surface area contributed by atoms with E-state index in [9.17, 15) is 5.26 Å². The molecule has 3 aromatic rings. The molecule has 0 unspecified atom stereocenters. The number of benzene rings is 2. The number of nitrogens with zero attached hydrogens (tertiary/aromatic N) is 2. The summed E-state index contributed by atoms with van der Waals surface area (Å²) < 4.78 is 6.95. The summed E-state index contributed by atoms with van der Waals surface area (Å²) >= 11 is 1.55. The Morgan fingerprint density at radius 3 is 3.00 bits per heavy atom. The van der Waals surface area contributed by atoms with Crippen molar-refractivity contribution in [2.24, 2.45) is 0 Å². The van der Waals surface area contributed by atoms with Crippen LogP contribution in [-0.4, -0.2) is 11.1 Å². The Balaban J connectivity index is 1.77. The highest BCUT2D eigenvalue weighted by Gasteiger charge is 2.21. The molecule has 1 aromatic heterocycles. The van der Waals surface area contributed by atoms with Crippen LogP contribution < -0.4 is 4.74 Å². The van der Waals surface area contributed by atoms with Crippen LogP contribution in [0, 0.1) is 18.3 Å². The number of thiazole rings is 1. The molecule has 0 saturated heterocycles. The van der Waals surface area contributed by atoms with E-state index in [4.69, 9.17) is 4.74 Å². The van der Waals surface area contributed by atoms with Gasteiger partial charge in [-0.05, 0) is 60.9 Å². The zero-order chi connectivity index (χ0) is 16.7. The molecule has 24 heavy (non-hydrogen) atoms. The molecule has 4 rings (SSSR count). The van der Waals surface area contributed by atoms with Crippen LogP contribution in [0.3, 0.4) is 0 Å². The lowest BCUT2D eigenvalue weighted by Gasteiger charge is -2.07. The molecule has 2 heterocycles. The van der Waals surface area contributed by atoms with Crippen molar-refractivity contribution in [2.75, 3.05) is 0 Å². The summed E-state index contributed by atoms with van der Waals surface area (Å²) in [5.74, 6) is 0.998. The van der Waals surface area contributed by atoms with Crippen molar-refractivity contribution in [3.8, 4) is 11.8 Å². The quantitative estimate of drug-likeness (QED) is 0.621. The lowest BCUT2D eigenvalue weighted by molar-refractivity contribution is 0.253. The van der Waals surface area contributed by atoms with Crippen LogP contribution in [0.15, 0.2) is 36.4 Å². The lowest BCUT2D eigenvalue weighted by atomic mass is 10.0. The molecule has 118 valence electrons. The molecule has 0 radical (unpaired) electrons. The number of aryl methyl sites for hydroxylation is 1. The van der Waals surface area contributed by atoms with Gasteiger partial charge in [0.1, 0.15) is 22.9 Å². The third-order valence-corrected chi connectivity index (χ3v) is 5.23. The van der Waals surface area contributed by atoms with E-state index in [1.807, 2.05) is 30.3 Å². The van der Waals surface area contributed by atoms with Gasteiger partial charge in [0.25, 0.3) is 0 Å². The van der Waals surface area contributed by atoms with Gasteiger partial charge in [0.2, 0.25) is 0 Å². The molecule has 0 bridgehead atoms. The summed E-state index contributed by atoms with van der Waals surface area (Å²) in [5, 5.41) is 10.4. The Kier molecular flexibility index (Phi) is 3.59. The van der Waals surface area contributed by atoms with E-state index in [-0.39, 0.29) is 6.10 Å². The molecular formula is C20H16N2OS. The summed E-state index contributed by atoms with van der Waals surface area (Å²) in [6.45, 7) is 4.13. The number of hydrogen-bond acceptors (Lipinski definition) is 4. The summed E-state index contributed by atoms with van der Waals surface area (Å²) in [6, 6.07) is 14.5. The third-order valence-electron chi connectivity index (χ3n) is 4.16. The van der Waals surface area contributed by atoms with Gasteiger partial charge in [0.15, 0.2) is 0 Å². The maximum absolute atomic E-state index is 9.59. The van der Waals surface area contributed by atoms with Crippen molar-refractivity contribution in [1.29, 1.82) is 5.26 Å². The standard InChI is InChI=1S/C20H16N2OS/c1-12-7-14(9-15-8-13(2)23-19(12)15)10-16(11-21)20-22-17-5-3-4-6-18(17)24-20/h3-7,9-10,13H,8H2,1-2H3/b16-10+/t13-/m1/s1. The van der Waals surface area contributed by atoms with Gasteiger partial charge in [-0.3, -0.25) is 0 Å². The Morgan fingerprint density at radius 2 is 2.21 bits per heavy atom. The highest BCUT2D eigenvalue weighted by molar-refractivity contribution is 7.19. The number of fused-ring (bicyclic) bond motifs is 2. The van der Waals surface area contributed by atoms with Crippen LogP contribution in [0.5, 0.6) is 5.75 Å². The van der Waals surface area contributed by atoms with Crippen LogP contribution in [-0.2, 0) is 6.42 Å². The van der Waals surface area contributed by atoms with Gasteiger partial charge in [-0.2, -0.15) is 5.26 Å². The summed E-state index contributed by atoms with van der Waals surface area (Å²) in [6.07, 6.45) is 3.06. The van der Waals surface area contributed by atoms with Gasteiger partial charge in [-0.25, -0.2) is 4.98 Å². The topological polar surface area (TPSA) is 45.9 Å². The zero-order valence-corrected chi connectivity index (χ0v) is 14.4. The largest absolute Gasteiger partial charge is 0.490 e. The number of aromatic nitrogens is 1. The first-order valence-corrected chi connectivity index (χ1v) is 8.73. The molecule has 0 fully saturated rings. The monoisotopic (exact) mass is 332 g/mol. The first kappa shape index (κ1) is 14.9. The lowest BCUT2D eigenvalue weighted by Crippen LogP contribution is -2.05. The molecule has 0 aliphatic carbocycles. The van der Waals surface area contributed by atoms with Gasteiger partial charge < -0.3 is 4.74 Å². The molecular weight excluding hydrogens is 316 g/mol. The number of allylic oxidation sites excluding steroid dienone is 1. The summed E-state index contributed by atoms with van der Waals surface area (Å²) in [5.41, 5.74) is 4.90. The number of para-hydroxylation sites is 1. The molecule has 0 spiro atoms. The fourth-order valence-corrected chi connectivity index (χ4v) is 4.06. The van der Waals surface area contributed by atoms with Gasteiger partial charge in [-0.1, -0.05) is 12.1 Å². The van der Waals surface area contributed by atoms with E-state index < -0.39 is 0 Å². The van der Waals surface area contributed by atoms with Crippen LogP contribution in [0.2, 0.25) is 0 Å². The normalized spacial score (nSPS) is 16.7. The minimum Gasteiger partial charge on any atom is -0.490 e. The van der Waals surface area contributed by atoms with Crippen molar-refractivity contribution in [3.05, 3.63) is 58.1 Å². The van der Waals surface area contributed by atoms with Crippen LogP contribution >= 0.6 is 11.3 Å². The van der Waals surface area contributed by atoms with Crippen molar-refractivity contribution in [2.45, 2.75) is 26.4 Å². The summed E-state index contributed by atoms with van der Waals surface area (Å²) in [7, 11) is 0. The molecule has 1 aliphatic heterocycles. The van der Waals surface area contributed by atoms with Crippen molar-refractivity contribution < 1.29 is 4.74 Å². The Morgan fingerprint density at radius 1 is 1.38 bits per heavy atom. The number of hydrogen-bond donors (Lipinski definition) is 0. The Hall–Kier alpha value is -2.64. The molecule has 3 nitrogen and oxygen atoms in total. The number of nitriles is 1. The van der Waals surface area contributed by atoms with Gasteiger partial charge in [-0.15, -0.1) is 11.3 Å². The average molecular weight is 332 g/mol. The molecule has 0 saturated carbocycles. The zero-order valence-electron chi connectivity index (χ0n) is 13.5. The predicted octanol–water partition coefficient (Wildman–Crippen LogP) is 4.99. The van der Waals surface area contributed by atoms with E-state index in [2.05, 4.69) is 37.0 Å². The van der Waals surface area contributed by atoms with E-state index in [1.165, 1.54) is 5.56 Å². The van der Waals surface area contributed by atoms with Crippen LogP contribution in [0.1, 0.15) is 28.6 Å². The molecule has 0 N–H and O–H groups in total. The first-order chi connectivity index (χ1) is 11.6. The second kappa shape index (κ2) is 5.77. The third kappa shape index (κ3) is 2.57. The number of rotatable bonds is 2. The van der Waals surface area contributed by atoms with Gasteiger partial charge >= 0.3 is 0 Å². The second-order valence-corrected chi connectivity index (χ2v) is 7.15. The molecule has 4 heteroatoms. The molecule has 0 amide bonds. The fraction of sp³-hybridized carbons (Fsp3) is 0.200. The van der Waals surface area contributed by atoms with Gasteiger partial charge in [0.05, 0.1) is 15.8 Å². The molecule has 1 atom stereocenters. The van der Waals surface area contributed by atoms with E-state index in [0.717, 1.165) is 38.5 Å². The fourth-order valence-electron chi connectivity index (χ4n) is 3.13. The SMILES string of the molecule is Cc1cc(/C=C(\C#N)c2nc3ccccc3s2)cc2c1O[C@H](C)C2. The Bertz CT molecular complexity index is 977. The Labute approximate surface area is 144 Å². The van der Waals surface area contributed by atoms with Crippen molar-refractivity contribution in [3.63, 3.8) is 0 Å².